The zero-order valence-corrected chi connectivity index (χ0v) is 14.7. The molecule has 0 aliphatic heterocycles. The van der Waals surface area contributed by atoms with E-state index in [4.69, 9.17) is 4.42 Å². The predicted molar refractivity (Wildman–Crippen MR) is 97.6 cm³/mol. The molecular formula is C20H19NO3S. The predicted octanol–water partition coefficient (Wildman–Crippen LogP) is 3.83. The molecule has 1 heterocycles. The first-order valence-electron chi connectivity index (χ1n) is 7.98. The van der Waals surface area contributed by atoms with Crippen molar-refractivity contribution < 1.29 is 13.4 Å². The molecule has 0 spiro atoms. The molecule has 3 aromatic rings. The van der Waals surface area contributed by atoms with Crippen molar-refractivity contribution in [3.05, 3.63) is 89.4 Å². The molecule has 0 radical (unpaired) electrons. The van der Waals surface area contributed by atoms with Crippen molar-refractivity contribution in [2.45, 2.75) is 24.1 Å². The van der Waals surface area contributed by atoms with Crippen molar-refractivity contribution in [3.8, 4) is 0 Å². The lowest BCUT2D eigenvalue weighted by atomic mass is 10.2. The van der Waals surface area contributed by atoms with Crippen LogP contribution in [-0.4, -0.2) is 10.1 Å². The van der Waals surface area contributed by atoms with Crippen molar-refractivity contribution >= 4 is 16.7 Å². The zero-order chi connectivity index (χ0) is 17.6. The summed E-state index contributed by atoms with van der Waals surface area (Å²) in [6, 6.07) is 20.5. The highest BCUT2D eigenvalue weighted by Gasteiger charge is 2.13. The van der Waals surface area contributed by atoms with E-state index >= 15 is 0 Å². The molecule has 0 aliphatic rings. The molecule has 1 amide bonds. The van der Waals surface area contributed by atoms with Crippen LogP contribution in [0.1, 0.15) is 27.4 Å². The van der Waals surface area contributed by atoms with Crippen LogP contribution in [0.25, 0.3) is 0 Å². The second kappa shape index (κ2) is 7.94. The second-order valence-corrected chi connectivity index (χ2v) is 7.19. The number of carbonyl (C=O) groups is 1. The summed E-state index contributed by atoms with van der Waals surface area (Å²) in [5, 5.41) is 2.81. The third-order valence-electron chi connectivity index (χ3n) is 3.71. The topological polar surface area (TPSA) is 59.3 Å². The van der Waals surface area contributed by atoms with Crippen LogP contribution in [0.3, 0.4) is 0 Å². The Bertz CT molecular complexity index is 887. The quantitative estimate of drug-likeness (QED) is 0.733. The number of benzene rings is 2. The van der Waals surface area contributed by atoms with Gasteiger partial charge in [-0.1, -0.05) is 42.5 Å². The number of carbonyl (C=O) groups excluding carboxylic acids is 1. The van der Waals surface area contributed by atoms with Gasteiger partial charge in [0.2, 0.25) is 0 Å². The fourth-order valence-corrected chi connectivity index (χ4v) is 3.54. The molecule has 25 heavy (non-hydrogen) atoms. The maximum Gasteiger partial charge on any atom is 0.287 e. The number of amides is 1. The summed E-state index contributed by atoms with van der Waals surface area (Å²) in [4.78, 5) is 12.9. The molecule has 0 saturated heterocycles. The van der Waals surface area contributed by atoms with E-state index in [1.54, 1.807) is 12.1 Å². The number of aryl methyl sites for hydroxylation is 1. The molecular weight excluding hydrogens is 334 g/mol. The van der Waals surface area contributed by atoms with E-state index in [1.807, 2.05) is 61.5 Å². The van der Waals surface area contributed by atoms with Crippen molar-refractivity contribution in [1.29, 1.82) is 0 Å². The Balaban J connectivity index is 1.60. The Hall–Kier alpha value is -2.66. The van der Waals surface area contributed by atoms with Crippen LogP contribution in [0.4, 0.5) is 0 Å². The lowest BCUT2D eigenvalue weighted by Crippen LogP contribution is -2.22. The molecule has 0 aliphatic carbocycles. The van der Waals surface area contributed by atoms with Gasteiger partial charge in [-0.15, -0.1) is 0 Å². The van der Waals surface area contributed by atoms with Gasteiger partial charge in [0.05, 0.1) is 16.6 Å². The second-order valence-electron chi connectivity index (χ2n) is 5.74. The van der Waals surface area contributed by atoms with Crippen LogP contribution in [0, 0.1) is 6.92 Å². The molecule has 4 nitrogen and oxygen atoms in total. The molecule has 0 unspecified atom stereocenters. The Labute approximate surface area is 149 Å². The van der Waals surface area contributed by atoms with E-state index in [0.29, 0.717) is 12.3 Å². The summed E-state index contributed by atoms with van der Waals surface area (Å²) < 4.78 is 18.0. The van der Waals surface area contributed by atoms with Crippen molar-refractivity contribution in [2.24, 2.45) is 0 Å². The molecule has 3 rings (SSSR count). The monoisotopic (exact) mass is 353 g/mol. The molecule has 0 bridgehead atoms. The SMILES string of the molecule is Cc1cccc([S@@](=O)Cc2ccc(C(=O)NCc3ccccc3)o2)c1. The summed E-state index contributed by atoms with van der Waals surface area (Å²) in [5.41, 5.74) is 2.08. The van der Waals surface area contributed by atoms with Gasteiger partial charge in [0.25, 0.3) is 5.91 Å². The molecule has 0 fully saturated rings. The molecule has 1 aromatic heterocycles. The Morgan fingerprint density at radius 2 is 1.84 bits per heavy atom. The van der Waals surface area contributed by atoms with Gasteiger partial charge in [0.1, 0.15) is 5.76 Å². The van der Waals surface area contributed by atoms with E-state index in [9.17, 15) is 9.00 Å². The van der Waals surface area contributed by atoms with E-state index in [-0.39, 0.29) is 17.4 Å². The standard InChI is InChI=1S/C20H19NO3S/c1-15-6-5-9-18(12-15)25(23)14-17-10-11-19(24-17)20(22)21-13-16-7-3-2-4-8-16/h2-12H,13-14H2,1H3,(H,21,22)/t25-/m0/s1. The fraction of sp³-hybridized carbons (Fsp3) is 0.150. The fourth-order valence-electron chi connectivity index (χ4n) is 2.41. The van der Waals surface area contributed by atoms with Crippen LogP contribution >= 0.6 is 0 Å². The average Bonchev–Trinajstić information content (AvgIpc) is 3.09. The minimum Gasteiger partial charge on any atom is -0.455 e. The Morgan fingerprint density at radius 1 is 1.04 bits per heavy atom. The normalized spacial score (nSPS) is 11.9. The third-order valence-corrected chi connectivity index (χ3v) is 5.03. The minimum atomic E-state index is -1.20. The van der Waals surface area contributed by atoms with Gasteiger partial charge in [-0.3, -0.25) is 9.00 Å². The molecule has 0 saturated carbocycles. The smallest absolute Gasteiger partial charge is 0.287 e. The number of hydrogen-bond acceptors (Lipinski definition) is 3. The van der Waals surface area contributed by atoms with E-state index in [1.165, 1.54) is 0 Å². The first-order valence-corrected chi connectivity index (χ1v) is 9.29. The molecule has 1 N–H and O–H groups in total. The molecule has 2 aromatic carbocycles. The van der Waals surface area contributed by atoms with Gasteiger partial charge in [0, 0.05) is 11.4 Å². The average molecular weight is 353 g/mol. The van der Waals surface area contributed by atoms with E-state index in [2.05, 4.69) is 5.32 Å². The van der Waals surface area contributed by atoms with Gasteiger partial charge in [-0.2, -0.15) is 0 Å². The maximum absolute atomic E-state index is 12.4. The van der Waals surface area contributed by atoms with Crippen LogP contribution in [-0.2, 0) is 23.1 Å². The summed E-state index contributed by atoms with van der Waals surface area (Å²) in [6.07, 6.45) is 0. The number of nitrogens with one attached hydrogen (secondary N) is 1. The summed E-state index contributed by atoms with van der Waals surface area (Å²) in [7, 11) is -1.20. The van der Waals surface area contributed by atoms with E-state index < -0.39 is 10.8 Å². The first kappa shape index (κ1) is 17.2. The summed E-state index contributed by atoms with van der Waals surface area (Å²) in [5.74, 6) is 0.725. The lowest BCUT2D eigenvalue weighted by molar-refractivity contribution is 0.0921. The van der Waals surface area contributed by atoms with Crippen LogP contribution in [0.5, 0.6) is 0 Å². The van der Waals surface area contributed by atoms with Crippen LogP contribution in [0.15, 0.2) is 76.0 Å². The maximum atomic E-state index is 12.4. The highest BCUT2D eigenvalue weighted by molar-refractivity contribution is 7.84. The van der Waals surface area contributed by atoms with Crippen molar-refractivity contribution in [2.75, 3.05) is 0 Å². The highest BCUT2D eigenvalue weighted by atomic mass is 32.2. The van der Waals surface area contributed by atoms with Crippen LogP contribution < -0.4 is 5.32 Å². The van der Waals surface area contributed by atoms with Gasteiger partial charge >= 0.3 is 0 Å². The van der Waals surface area contributed by atoms with Gasteiger partial charge in [-0.25, -0.2) is 0 Å². The molecule has 128 valence electrons. The van der Waals surface area contributed by atoms with Crippen LogP contribution in [0.2, 0.25) is 0 Å². The number of furan rings is 1. The largest absolute Gasteiger partial charge is 0.455 e. The zero-order valence-electron chi connectivity index (χ0n) is 13.9. The van der Waals surface area contributed by atoms with Gasteiger partial charge in [0.15, 0.2) is 5.76 Å². The van der Waals surface area contributed by atoms with E-state index in [0.717, 1.165) is 16.0 Å². The van der Waals surface area contributed by atoms with Crippen molar-refractivity contribution in [1.82, 2.24) is 5.32 Å². The highest BCUT2D eigenvalue weighted by Crippen LogP contribution is 2.16. The molecule has 5 heteroatoms. The Kier molecular flexibility index (Phi) is 5.46. The summed E-state index contributed by atoms with van der Waals surface area (Å²) >= 11 is 0. The first-order chi connectivity index (χ1) is 12.1. The minimum absolute atomic E-state index is 0.229. The van der Waals surface area contributed by atoms with Gasteiger partial charge < -0.3 is 9.73 Å². The van der Waals surface area contributed by atoms with Crippen molar-refractivity contribution in [3.63, 3.8) is 0 Å². The number of rotatable bonds is 6. The Morgan fingerprint density at radius 3 is 2.60 bits per heavy atom. The molecule has 1 atom stereocenters. The number of hydrogen-bond donors (Lipinski definition) is 1. The summed E-state index contributed by atoms with van der Waals surface area (Å²) in [6.45, 7) is 2.40. The third kappa shape index (κ3) is 4.67. The van der Waals surface area contributed by atoms with Gasteiger partial charge in [-0.05, 0) is 42.3 Å². The lowest BCUT2D eigenvalue weighted by Gasteiger charge is -2.03.